The monoisotopic (exact) mass is 322 g/mol. The van der Waals surface area contributed by atoms with Crippen molar-refractivity contribution in [3.8, 4) is 11.6 Å². The summed E-state index contributed by atoms with van der Waals surface area (Å²) in [4.78, 5) is 15.7. The highest BCUT2D eigenvalue weighted by molar-refractivity contribution is 5.93. The number of hydrogen-bond acceptors (Lipinski definition) is 3. The van der Waals surface area contributed by atoms with Gasteiger partial charge < -0.3 is 10.1 Å². The number of hydrogen-bond donors (Lipinski definition) is 1. The van der Waals surface area contributed by atoms with Gasteiger partial charge in [-0.3, -0.25) is 4.79 Å². The largest absolute Gasteiger partial charge is 0.439 e. The van der Waals surface area contributed by atoms with Gasteiger partial charge >= 0.3 is 0 Å². The first-order valence-electron chi connectivity index (χ1n) is 8.69. The number of fused-ring (bicyclic) bond motifs is 2. The lowest BCUT2D eigenvalue weighted by molar-refractivity contribution is 0.0962. The van der Waals surface area contributed by atoms with Crippen LogP contribution in [0.4, 0.5) is 0 Å². The molecule has 0 spiro atoms. The minimum Gasteiger partial charge on any atom is -0.439 e. The molecule has 0 aliphatic heterocycles. The Bertz CT molecular complexity index is 724. The van der Waals surface area contributed by atoms with Crippen LogP contribution < -0.4 is 10.1 Å². The number of aromatic nitrogens is 1. The fourth-order valence-corrected chi connectivity index (χ4v) is 4.28. The lowest BCUT2D eigenvalue weighted by atomic mass is 9.83. The van der Waals surface area contributed by atoms with Gasteiger partial charge in [0.2, 0.25) is 5.88 Å². The van der Waals surface area contributed by atoms with Crippen LogP contribution >= 0.6 is 0 Å². The third kappa shape index (κ3) is 2.88. The molecule has 1 N–H and O–H groups in total. The van der Waals surface area contributed by atoms with E-state index in [1.54, 1.807) is 19.2 Å². The van der Waals surface area contributed by atoms with Gasteiger partial charge in [0.05, 0.1) is 5.56 Å². The Morgan fingerprint density at radius 1 is 1.12 bits per heavy atom. The predicted molar refractivity (Wildman–Crippen MR) is 92.3 cm³/mol. The molecule has 2 aliphatic carbocycles. The van der Waals surface area contributed by atoms with Gasteiger partial charge in [-0.2, -0.15) is 0 Å². The fraction of sp³-hybridized carbons (Fsp3) is 0.400. The number of ether oxygens (including phenoxy) is 1. The number of rotatable bonds is 4. The highest BCUT2D eigenvalue weighted by atomic mass is 16.5. The van der Waals surface area contributed by atoms with E-state index in [2.05, 4.69) is 22.4 Å². The minimum absolute atomic E-state index is 0.149. The van der Waals surface area contributed by atoms with E-state index in [9.17, 15) is 4.79 Å². The molecule has 1 heterocycles. The smallest absolute Gasteiger partial charge is 0.252 e. The summed E-state index contributed by atoms with van der Waals surface area (Å²) in [6, 6.07) is 11.9. The van der Waals surface area contributed by atoms with Crippen molar-refractivity contribution in [2.75, 3.05) is 7.05 Å². The van der Waals surface area contributed by atoms with Crippen LogP contribution in [0.5, 0.6) is 11.6 Å². The molecule has 4 heteroatoms. The SMILES string of the molecule is CNC(=O)c1ccc(Oc2ccc(C3C[C@@H]4CC[C@H]3C4)cc2)nc1. The predicted octanol–water partition coefficient (Wildman–Crippen LogP) is 4.14. The molecule has 1 unspecified atom stereocenters. The van der Waals surface area contributed by atoms with Crippen LogP contribution in [0.3, 0.4) is 0 Å². The fourth-order valence-electron chi connectivity index (χ4n) is 4.28. The van der Waals surface area contributed by atoms with E-state index < -0.39 is 0 Å². The van der Waals surface area contributed by atoms with Gasteiger partial charge in [-0.15, -0.1) is 0 Å². The molecule has 0 saturated heterocycles. The molecule has 2 bridgehead atoms. The van der Waals surface area contributed by atoms with E-state index >= 15 is 0 Å². The Labute approximate surface area is 142 Å². The summed E-state index contributed by atoms with van der Waals surface area (Å²) in [5.41, 5.74) is 1.97. The van der Waals surface area contributed by atoms with Gasteiger partial charge in [0.25, 0.3) is 5.91 Å². The number of nitrogens with one attached hydrogen (secondary N) is 1. The highest BCUT2D eigenvalue weighted by Crippen LogP contribution is 2.52. The van der Waals surface area contributed by atoms with Crippen molar-refractivity contribution >= 4 is 5.91 Å². The Hall–Kier alpha value is -2.36. The van der Waals surface area contributed by atoms with Crippen LogP contribution in [-0.4, -0.2) is 17.9 Å². The first kappa shape index (κ1) is 15.2. The summed E-state index contributed by atoms with van der Waals surface area (Å²) >= 11 is 0. The standard InChI is InChI=1S/C20H22N2O2/c1-21-20(23)16-6-9-19(22-12-16)24-17-7-4-14(5-8-17)18-11-13-2-3-15(18)10-13/h4-9,12-13,15,18H,2-3,10-11H2,1H3,(H,21,23)/t13-,15+,18?/m1/s1. The van der Waals surface area contributed by atoms with Crippen molar-refractivity contribution in [2.45, 2.75) is 31.6 Å². The maximum absolute atomic E-state index is 11.5. The Kier molecular flexibility index (Phi) is 3.97. The summed E-state index contributed by atoms with van der Waals surface area (Å²) in [6.07, 6.45) is 7.13. The topological polar surface area (TPSA) is 51.2 Å². The second-order valence-electron chi connectivity index (χ2n) is 6.92. The van der Waals surface area contributed by atoms with E-state index in [0.29, 0.717) is 11.4 Å². The van der Waals surface area contributed by atoms with E-state index in [4.69, 9.17) is 4.74 Å². The van der Waals surface area contributed by atoms with Crippen LogP contribution in [0.1, 0.15) is 47.5 Å². The second kappa shape index (κ2) is 6.27. The average molecular weight is 322 g/mol. The van der Waals surface area contributed by atoms with E-state index in [1.165, 1.54) is 37.4 Å². The lowest BCUT2D eigenvalue weighted by Gasteiger charge is -2.22. The molecular weight excluding hydrogens is 300 g/mol. The number of carbonyl (C=O) groups is 1. The summed E-state index contributed by atoms with van der Waals surface area (Å²) < 4.78 is 5.78. The third-order valence-corrected chi connectivity index (χ3v) is 5.49. The number of carbonyl (C=O) groups excluding carboxylic acids is 1. The zero-order chi connectivity index (χ0) is 16.5. The van der Waals surface area contributed by atoms with Crippen LogP contribution in [-0.2, 0) is 0 Å². The zero-order valence-electron chi connectivity index (χ0n) is 13.9. The molecule has 3 atom stereocenters. The lowest BCUT2D eigenvalue weighted by Crippen LogP contribution is -2.17. The van der Waals surface area contributed by atoms with E-state index in [0.717, 1.165) is 23.5 Å². The van der Waals surface area contributed by atoms with Crippen LogP contribution in [0.2, 0.25) is 0 Å². The van der Waals surface area contributed by atoms with Crippen LogP contribution in [0, 0.1) is 11.8 Å². The van der Waals surface area contributed by atoms with Gasteiger partial charge in [-0.25, -0.2) is 4.98 Å². The van der Waals surface area contributed by atoms with Gasteiger partial charge in [0, 0.05) is 19.3 Å². The van der Waals surface area contributed by atoms with Crippen LogP contribution in [0.25, 0.3) is 0 Å². The van der Waals surface area contributed by atoms with Crippen molar-refractivity contribution in [3.05, 3.63) is 53.7 Å². The molecule has 2 fully saturated rings. The molecule has 0 radical (unpaired) electrons. The van der Waals surface area contributed by atoms with Crippen molar-refractivity contribution in [2.24, 2.45) is 11.8 Å². The summed E-state index contributed by atoms with van der Waals surface area (Å²) in [5, 5.41) is 2.57. The molecule has 4 nitrogen and oxygen atoms in total. The summed E-state index contributed by atoms with van der Waals surface area (Å²) in [7, 11) is 1.60. The van der Waals surface area contributed by atoms with Gasteiger partial charge in [0.15, 0.2) is 0 Å². The van der Waals surface area contributed by atoms with Crippen molar-refractivity contribution < 1.29 is 9.53 Å². The first-order valence-corrected chi connectivity index (χ1v) is 8.69. The summed E-state index contributed by atoms with van der Waals surface area (Å²) in [5.74, 6) is 3.71. The van der Waals surface area contributed by atoms with Gasteiger partial charge in [-0.05, 0) is 60.8 Å². The molecule has 1 aromatic heterocycles. The van der Waals surface area contributed by atoms with E-state index in [-0.39, 0.29) is 5.91 Å². The van der Waals surface area contributed by atoms with Gasteiger partial charge in [0.1, 0.15) is 5.75 Å². The Balaban J connectivity index is 1.43. The van der Waals surface area contributed by atoms with E-state index in [1.807, 2.05) is 12.1 Å². The quantitative estimate of drug-likeness (QED) is 0.920. The molecule has 1 aromatic carbocycles. The average Bonchev–Trinajstić information content (AvgIpc) is 3.26. The molecule has 2 aromatic rings. The van der Waals surface area contributed by atoms with Crippen molar-refractivity contribution in [1.82, 2.24) is 10.3 Å². The van der Waals surface area contributed by atoms with Crippen molar-refractivity contribution in [1.29, 1.82) is 0 Å². The summed E-state index contributed by atoms with van der Waals surface area (Å²) in [6.45, 7) is 0. The molecule has 24 heavy (non-hydrogen) atoms. The maximum atomic E-state index is 11.5. The zero-order valence-corrected chi connectivity index (χ0v) is 13.9. The van der Waals surface area contributed by atoms with Crippen LogP contribution in [0.15, 0.2) is 42.6 Å². The maximum Gasteiger partial charge on any atom is 0.252 e. The normalized spacial score (nSPS) is 24.8. The molecule has 1 amide bonds. The molecule has 2 aliphatic rings. The first-order chi connectivity index (χ1) is 11.7. The van der Waals surface area contributed by atoms with Gasteiger partial charge in [-0.1, -0.05) is 18.6 Å². The molecule has 2 saturated carbocycles. The molecule has 4 rings (SSSR count). The number of nitrogens with zero attached hydrogens (tertiary/aromatic N) is 1. The molecular formula is C20H22N2O2. The Morgan fingerprint density at radius 2 is 1.96 bits per heavy atom. The number of pyridine rings is 1. The highest BCUT2D eigenvalue weighted by Gasteiger charge is 2.39. The van der Waals surface area contributed by atoms with Crippen molar-refractivity contribution in [3.63, 3.8) is 0 Å². The molecule has 124 valence electrons. The number of amides is 1. The minimum atomic E-state index is -0.149. The second-order valence-corrected chi connectivity index (χ2v) is 6.92. The number of benzene rings is 1. The third-order valence-electron chi connectivity index (χ3n) is 5.49. The Morgan fingerprint density at radius 3 is 2.54 bits per heavy atom.